The third-order valence-corrected chi connectivity index (χ3v) is 5.30. The Morgan fingerprint density at radius 3 is 2.39 bits per heavy atom. The summed E-state index contributed by atoms with van der Waals surface area (Å²) in [7, 11) is 0. The lowest BCUT2D eigenvalue weighted by molar-refractivity contribution is 0.105. The highest BCUT2D eigenvalue weighted by atomic mass is 35.5. The van der Waals surface area contributed by atoms with Gasteiger partial charge in [0.15, 0.2) is 5.78 Å². The lowest BCUT2D eigenvalue weighted by Gasteiger charge is -2.03. The number of ketones is 1. The third-order valence-electron chi connectivity index (χ3n) is 3.42. The van der Waals surface area contributed by atoms with E-state index in [1.54, 1.807) is 24.3 Å². The Balaban J connectivity index is 1.96. The summed E-state index contributed by atoms with van der Waals surface area (Å²) < 4.78 is 0.998. The summed E-state index contributed by atoms with van der Waals surface area (Å²) in [5, 5.41) is 2.64. The van der Waals surface area contributed by atoms with Crippen LogP contribution in [0.5, 0.6) is 0 Å². The summed E-state index contributed by atoms with van der Waals surface area (Å²) in [5.41, 5.74) is 1.64. The van der Waals surface area contributed by atoms with Crippen LogP contribution in [0.1, 0.15) is 22.2 Å². The molecule has 0 radical (unpaired) electrons. The standard InChI is InChI=1S/C18H11Cl3OS/c1-10(11-6-12(19)8-13(20)7-11)5-16(22)18-9-14-15(21)3-2-4-17(14)23-18/h2-9H,1H3/b10-5-. The minimum atomic E-state index is -0.0594. The highest BCUT2D eigenvalue weighted by Gasteiger charge is 2.11. The molecule has 0 unspecified atom stereocenters. The van der Waals surface area contributed by atoms with Gasteiger partial charge in [0.2, 0.25) is 0 Å². The van der Waals surface area contributed by atoms with E-state index in [1.165, 1.54) is 11.3 Å². The van der Waals surface area contributed by atoms with Gasteiger partial charge in [-0.05, 0) is 60.5 Å². The van der Waals surface area contributed by atoms with Crippen LogP contribution >= 0.6 is 46.1 Å². The number of carbonyl (C=O) groups is 1. The van der Waals surface area contributed by atoms with Crippen LogP contribution in [0.15, 0.2) is 48.5 Å². The molecule has 0 aliphatic heterocycles. The van der Waals surface area contributed by atoms with Gasteiger partial charge in [-0.3, -0.25) is 4.79 Å². The molecule has 0 atom stereocenters. The summed E-state index contributed by atoms with van der Waals surface area (Å²) >= 11 is 19.6. The summed E-state index contributed by atoms with van der Waals surface area (Å²) in [4.78, 5) is 13.2. The van der Waals surface area contributed by atoms with Crippen molar-refractivity contribution >= 4 is 67.6 Å². The molecular weight excluding hydrogens is 371 g/mol. The maximum atomic E-state index is 12.5. The Hall–Kier alpha value is -1.32. The minimum absolute atomic E-state index is 0.0594. The van der Waals surface area contributed by atoms with E-state index < -0.39 is 0 Å². The number of halogens is 3. The first kappa shape index (κ1) is 16.5. The smallest absolute Gasteiger partial charge is 0.196 e. The zero-order valence-electron chi connectivity index (χ0n) is 12.1. The molecule has 0 spiro atoms. The second kappa shape index (κ2) is 6.66. The largest absolute Gasteiger partial charge is 0.288 e. The number of hydrogen-bond acceptors (Lipinski definition) is 2. The van der Waals surface area contributed by atoms with E-state index >= 15 is 0 Å². The molecule has 23 heavy (non-hydrogen) atoms. The number of fused-ring (bicyclic) bond motifs is 1. The summed E-state index contributed by atoms with van der Waals surface area (Å²) in [5.74, 6) is -0.0594. The molecule has 0 fully saturated rings. The van der Waals surface area contributed by atoms with Crippen molar-refractivity contribution in [2.24, 2.45) is 0 Å². The third kappa shape index (κ3) is 3.61. The zero-order valence-corrected chi connectivity index (χ0v) is 15.2. The number of carbonyl (C=O) groups excluding carboxylic acids is 1. The van der Waals surface area contributed by atoms with E-state index in [4.69, 9.17) is 34.8 Å². The summed E-state index contributed by atoms with van der Waals surface area (Å²) in [6.45, 7) is 1.86. The molecule has 1 heterocycles. The van der Waals surface area contributed by atoms with Gasteiger partial charge < -0.3 is 0 Å². The predicted molar refractivity (Wildman–Crippen MR) is 101 cm³/mol. The van der Waals surface area contributed by atoms with Crippen molar-refractivity contribution < 1.29 is 4.79 Å². The predicted octanol–water partition coefficient (Wildman–Crippen LogP) is 7.15. The number of hydrogen-bond donors (Lipinski definition) is 0. The molecule has 0 aliphatic carbocycles. The number of allylic oxidation sites excluding steroid dienone is 2. The average molecular weight is 382 g/mol. The second-order valence-electron chi connectivity index (χ2n) is 5.11. The summed E-state index contributed by atoms with van der Waals surface area (Å²) in [6, 6.07) is 12.7. The fourth-order valence-corrected chi connectivity index (χ4v) is 4.09. The zero-order chi connectivity index (χ0) is 16.6. The van der Waals surface area contributed by atoms with Crippen LogP contribution in [0.25, 0.3) is 15.7 Å². The van der Waals surface area contributed by atoms with E-state index in [0.717, 1.165) is 21.2 Å². The topological polar surface area (TPSA) is 17.1 Å². The van der Waals surface area contributed by atoms with Gasteiger partial charge in [-0.1, -0.05) is 40.9 Å². The van der Waals surface area contributed by atoms with Gasteiger partial charge in [-0.2, -0.15) is 0 Å². The molecule has 1 nitrogen and oxygen atoms in total. The Morgan fingerprint density at radius 1 is 1.04 bits per heavy atom. The van der Waals surface area contributed by atoms with Crippen LogP contribution in [-0.2, 0) is 0 Å². The molecule has 0 saturated heterocycles. The molecule has 3 rings (SSSR count). The maximum absolute atomic E-state index is 12.5. The van der Waals surface area contributed by atoms with Gasteiger partial charge in [-0.15, -0.1) is 11.3 Å². The van der Waals surface area contributed by atoms with Crippen molar-refractivity contribution in [3.63, 3.8) is 0 Å². The molecule has 5 heteroatoms. The normalized spacial score (nSPS) is 11.9. The Labute approximate surface area is 153 Å². The highest BCUT2D eigenvalue weighted by Crippen LogP contribution is 2.32. The van der Waals surface area contributed by atoms with Gasteiger partial charge >= 0.3 is 0 Å². The first-order valence-electron chi connectivity index (χ1n) is 6.81. The number of benzene rings is 2. The van der Waals surface area contributed by atoms with E-state index in [9.17, 15) is 4.79 Å². The summed E-state index contributed by atoms with van der Waals surface area (Å²) in [6.07, 6.45) is 1.60. The van der Waals surface area contributed by atoms with Crippen LogP contribution in [0.2, 0.25) is 15.1 Å². The van der Waals surface area contributed by atoms with Crippen LogP contribution < -0.4 is 0 Å². The molecule has 0 N–H and O–H groups in total. The van der Waals surface area contributed by atoms with E-state index in [1.807, 2.05) is 31.2 Å². The lowest BCUT2D eigenvalue weighted by atomic mass is 10.1. The van der Waals surface area contributed by atoms with Crippen molar-refractivity contribution in [2.75, 3.05) is 0 Å². The molecule has 0 bridgehead atoms. The van der Waals surface area contributed by atoms with Crippen LogP contribution in [0.3, 0.4) is 0 Å². The minimum Gasteiger partial charge on any atom is -0.288 e. The number of rotatable bonds is 3. The van der Waals surface area contributed by atoms with Crippen LogP contribution in [0, 0.1) is 0 Å². The molecule has 0 saturated carbocycles. The van der Waals surface area contributed by atoms with Crippen molar-refractivity contribution in [1.82, 2.24) is 0 Å². The monoisotopic (exact) mass is 380 g/mol. The fraction of sp³-hybridized carbons (Fsp3) is 0.0556. The number of thiophene rings is 1. The Bertz CT molecular complexity index is 920. The fourth-order valence-electron chi connectivity index (χ4n) is 2.28. The first-order chi connectivity index (χ1) is 10.9. The average Bonchev–Trinajstić information content (AvgIpc) is 2.92. The van der Waals surface area contributed by atoms with Gasteiger partial charge in [0, 0.05) is 25.2 Å². The van der Waals surface area contributed by atoms with Crippen molar-refractivity contribution in [3.05, 3.63) is 74.0 Å². The Kier molecular flexibility index (Phi) is 4.79. The lowest BCUT2D eigenvalue weighted by Crippen LogP contribution is -1.92. The van der Waals surface area contributed by atoms with Crippen LogP contribution in [-0.4, -0.2) is 5.78 Å². The van der Waals surface area contributed by atoms with E-state index in [2.05, 4.69) is 0 Å². The first-order valence-corrected chi connectivity index (χ1v) is 8.76. The molecule has 0 amide bonds. The van der Waals surface area contributed by atoms with Gasteiger partial charge in [0.05, 0.1) is 4.88 Å². The molecule has 2 aromatic carbocycles. The quantitative estimate of drug-likeness (QED) is 0.348. The molecule has 3 aromatic rings. The van der Waals surface area contributed by atoms with E-state index in [-0.39, 0.29) is 5.78 Å². The van der Waals surface area contributed by atoms with Crippen molar-refractivity contribution in [3.8, 4) is 0 Å². The van der Waals surface area contributed by atoms with E-state index in [0.29, 0.717) is 19.9 Å². The molecule has 1 aromatic heterocycles. The maximum Gasteiger partial charge on any atom is 0.196 e. The highest BCUT2D eigenvalue weighted by molar-refractivity contribution is 7.21. The van der Waals surface area contributed by atoms with Crippen molar-refractivity contribution in [1.29, 1.82) is 0 Å². The van der Waals surface area contributed by atoms with Gasteiger partial charge in [-0.25, -0.2) is 0 Å². The molecule has 0 aliphatic rings. The van der Waals surface area contributed by atoms with Gasteiger partial charge in [0.25, 0.3) is 0 Å². The second-order valence-corrected chi connectivity index (χ2v) is 7.48. The SMILES string of the molecule is C/C(=C/C(=O)c1cc2c(Cl)cccc2s1)c1cc(Cl)cc(Cl)c1. The van der Waals surface area contributed by atoms with Crippen molar-refractivity contribution in [2.45, 2.75) is 6.92 Å². The molecular formula is C18H11Cl3OS. The Morgan fingerprint density at radius 2 is 1.74 bits per heavy atom. The van der Waals surface area contributed by atoms with Crippen LogP contribution in [0.4, 0.5) is 0 Å². The van der Waals surface area contributed by atoms with Gasteiger partial charge in [0.1, 0.15) is 0 Å². The molecule has 116 valence electrons.